The number of fused-ring (bicyclic) bond motifs is 1. The Morgan fingerprint density at radius 1 is 1.25 bits per heavy atom. The lowest BCUT2D eigenvalue weighted by Crippen LogP contribution is -2.32. The van der Waals surface area contributed by atoms with E-state index < -0.39 is 0 Å². The molecule has 0 spiro atoms. The van der Waals surface area contributed by atoms with Crippen LogP contribution in [0.15, 0.2) is 41.1 Å². The zero-order chi connectivity index (χ0) is 14.1. The molecule has 0 amide bonds. The molecule has 0 aliphatic rings. The summed E-state index contributed by atoms with van der Waals surface area (Å²) < 4.78 is 8.12. The van der Waals surface area contributed by atoms with Gasteiger partial charge >= 0.3 is 0 Å². The van der Waals surface area contributed by atoms with Gasteiger partial charge in [-0.15, -0.1) is 0 Å². The van der Waals surface area contributed by atoms with Gasteiger partial charge in [-0.25, -0.2) is 9.55 Å². The third-order valence-electron chi connectivity index (χ3n) is 3.41. The van der Waals surface area contributed by atoms with Crippen LogP contribution in [-0.4, -0.2) is 4.98 Å². The van der Waals surface area contributed by atoms with Crippen LogP contribution in [0.1, 0.15) is 24.5 Å². The summed E-state index contributed by atoms with van der Waals surface area (Å²) >= 11 is 0. The van der Waals surface area contributed by atoms with Crippen molar-refractivity contribution in [3.8, 4) is 11.5 Å². The molecule has 0 aliphatic heterocycles. The number of rotatable bonds is 3. The predicted molar refractivity (Wildman–Crippen MR) is 79.4 cm³/mol. The number of oxazole rings is 1. The van der Waals surface area contributed by atoms with E-state index in [1.54, 1.807) is 0 Å². The molecule has 3 aromatic rings. The Hall–Kier alpha value is -2.16. The second-order valence-electron chi connectivity index (χ2n) is 5.28. The molecule has 0 N–H and O–H groups in total. The molecule has 0 saturated heterocycles. The Bertz CT molecular complexity index is 759. The molecule has 3 nitrogen and oxygen atoms in total. The molecular weight excluding hydrogens is 248 g/mol. The van der Waals surface area contributed by atoms with Crippen molar-refractivity contribution in [3.63, 3.8) is 0 Å². The third kappa shape index (κ3) is 2.31. The first-order chi connectivity index (χ1) is 9.67. The quantitative estimate of drug-likeness (QED) is 0.675. The van der Waals surface area contributed by atoms with Crippen LogP contribution >= 0.6 is 0 Å². The lowest BCUT2D eigenvalue weighted by atomic mass is 10.1. The van der Waals surface area contributed by atoms with E-state index in [1.165, 1.54) is 5.56 Å². The molecule has 0 saturated carbocycles. The zero-order valence-corrected chi connectivity index (χ0v) is 12.2. The minimum atomic E-state index is 0.694. The van der Waals surface area contributed by atoms with Crippen molar-refractivity contribution in [1.29, 1.82) is 0 Å². The normalized spacial score (nSPS) is 11.2. The van der Waals surface area contributed by atoms with E-state index in [1.807, 2.05) is 12.1 Å². The molecule has 3 rings (SSSR count). The Morgan fingerprint density at radius 3 is 2.90 bits per heavy atom. The third-order valence-corrected chi connectivity index (χ3v) is 3.41. The summed E-state index contributed by atoms with van der Waals surface area (Å²) in [6, 6.07) is 8.27. The van der Waals surface area contributed by atoms with E-state index in [0.29, 0.717) is 5.89 Å². The van der Waals surface area contributed by atoms with Crippen molar-refractivity contribution < 1.29 is 8.98 Å². The number of hydrogen-bond acceptors (Lipinski definition) is 2. The fourth-order valence-electron chi connectivity index (χ4n) is 2.55. The first-order valence-corrected chi connectivity index (χ1v) is 7.04. The summed E-state index contributed by atoms with van der Waals surface area (Å²) in [5.74, 6) is 0.694. The van der Waals surface area contributed by atoms with Gasteiger partial charge in [-0.05, 0) is 37.1 Å². The smallest absolute Gasteiger partial charge is 0.233 e. The SMILES string of the molecule is CCC[n+]1cccc(-c2nc3cc(C)cc(C)c3o2)c1. The van der Waals surface area contributed by atoms with Crippen molar-refractivity contribution in [2.75, 3.05) is 0 Å². The van der Waals surface area contributed by atoms with Crippen LogP contribution in [0, 0.1) is 13.8 Å². The number of benzene rings is 1. The minimum absolute atomic E-state index is 0.694. The van der Waals surface area contributed by atoms with E-state index in [-0.39, 0.29) is 0 Å². The molecule has 3 heteroatoms. The molecule has 20 heavy (non-hydrogen) atoms. The molecule has 2 heterocycles. The van der Waals surface area contributed by atoms with Gasteiger partial charge in [0.15, 0.2) is 18.0 Å². The highest BCUT2D eigenvalue weighted by molar-refractivity contribution is 5.79. The van der Waals surface area contributed by atoms with E-state index >= 15 is 0 Å². The molecule has 102 valence electrons. The van der Waals surface area contributed by atoms with Crippen molar-refractivity contribution in [2.45, 2.75) is 33.7 Å². The van der Waals surface area contributed by atoms with Crippen LogP contribution in [0.5, 0.6) is 0 Å². The van der Waals surface area contributed by atoms with Crippen molar-refractivity contribution in [1.82, 2.24) is 4.98 Å². The number of pyridine rings is 1. The number of aromatic nitrogens is 2. The van der Waals surface area contributed by atoms with Gasteiger partial charge < -0.3 is 4.42 Å². The standard InChI is InChI=1S/C17H19N2O/c1-4-7-19-8-5-6-14(11-19)17-18-15-10-12(2)9-13(3)16(15)20-17/h5-6,8-11H,4,7H2,1-3H3/q+1. The summed E-state index contributed by atoms with van der Waals surface area (Å²) in [7, 11) is 0. The van der Waals surface area contributed by atoms with Gasteiger partial charge in [0.1, 0.15) is 17.6 Å². The maximum Gasteiger partial charge on any atom is 0.233 e. The Balaban J connectivity index is 2.10. The summed E-state index contributed by atoms with van der Waals surface area (Å²) in [6.07, 6.45) is 5.28. The van der Waals surface area contributed by atoms with E-state index in [0.717, 1.165) is 35.2 Å². The molecule has 2 aromatic heterocycles. The average Bonchev–Trinajstić information content (AvgIpc) is 2.83. The number of nitrogens with zero attached hydrogens (tertiary/aromatic N) is 2. The van der Waals surface area contributed by atoms with Crippen LogP contribution < -0.4 is 4.57 Å². The number of aryl methyl sites for hydroxylation is 3. The van der Waals surface area contributed by atoms with Gasteiger partial charge in [-0.1, -0.05) is 13.0 Å². The van der Waals surface area contributed by atoms with Crippen molar-refractivity contribution >= 4 is 11.1 Å². The monoisotopic (exact) mass is 267 g/mol. The lowest BCUT2D eigenvalue weighted by molar-refractivity contribution is -0.696. The zero-order valence-electron chi connectivity index (χ0n) is 12.2. The van der Waals surface area contributed by atoms with E-state index in [4.69, 9.17) is 4.42 Å². The van der Waals surface area contributed by atoms with Gasteiger partial charge in [0.25, 0.3) is 0 Å². The van der Waals surface area contributed by atoms with Crippen molar-refractivity contribution in [3.05, 3.63) is 47.8 Å². The predicted octanol–water partition coefficient (Wildman–Crippen LogP) is 3.81. The molecule has 0 aliphatic carbocycles. The summed E-state index contributed by atoms with van der Waals surface area (Å²) in [5, 5.41) is 0. The Morgan fingerprint density at radius 2 is 2.10 bits per heavy atom. The fourth-order valence-corrected chi connectivity index (χ4v) is 2.55. The van der Waals surface area contributed by atoms with Crippen LogP contribution in [-0.2, 0) is 6.54 Å². The minimum Gasteiger partial charge on any atom is -0.436 e. The van der Waals surface area contributed by atoms with E-state index in [2.05, 4.69) is 54.8 Å². The lowest BCUT2D eigenvalue weighted by Gasteiger charge is -1.96. The molecule has 1 aromatic carbocycles. The maximum atomic E-state index is 5.95. The summed E-state index contributed by atoms with van der Waals surface area (Å²) in [5.41, 5.74) is 5.19. The Labute approximate surface area is 118 Å². The van der Waals surface area contributed by atoms with Crippen molar-refractivity contribution in [2.24, 2.45) is 0 Å². The molecule has 0 bridgehead atoms. The summed E-state index contributed by atoms with van der Waals surface area (Å²) in [4.78, 5) is 4.63. The maximum absolute atomic E-state index is 5.95. The molecular formula is C17H19N2O+. The van der Waals surface area contributed by atoms with Crippen LogP contribution in [0.4, 0.5) is 0 Å². The van der Waals surface area contributed by atoms with Crippen LogP contribution in [0.3, 0.4) is 0 Å². The van der Waals surface area contributed by atoms with Gasteiger partial charge in [-0.3, -0.25) is 0 Å². The van der Waals surface area contributed by atoms with Gasteiger partial charge in [0.2, 0.25) is 5.89 Å². The van der Waals surface area contributed by atoms with Gasteiger partial charge in [-0.2, -0.15) is 0 Å². The van der Waals surface area contributed by atoms with Gasteiger partial charge in [0.05, 0.1) is 0 Å². The number of hydrogen-bond donors (Lipinski definition) is 0. The second-order valence-corrected chi connectivity index (χ2v) is 5.28. The largest absolute Gasteiger partial charge is 0.436 e. The topological polar surface area (TPSA) is 29.9 Å². The van der Waals surface area contributed by atoms with Gasteiger partial charge in [0, 0.05) is 12.5 Å². The highest BCUT2D eigenvalue weighted by Gasteiger charge is 2.13. The molecule has 0 radical (unpaired) electrons. The highest BCUT2D eigenvalue weighted by Crippen LogP contribution is 2.26. The van der Waals surface area contributed by atoms with E-state index in [9.17, 15) is 0 Å². The first kappa shape index (κ1) is 12.9. The molecule has 0 fully saturated rings. The first-order valence-electron chi connectivity index (χ1n) is 7.04. The summed E-state index contributed by atoms with van der Waals surface area (Å²) in [6.45, 7) is 7.32. The van der Waals surface area contributed by atoms with Crippen LogP contribution in [0.25, 0.3) is 22.6 Å². The van der Waals surface area contributed by atoms with Crippen LogP contribution in [0.2, 0.25) is 0 Å². The highest BCUT2D eigenvalue weighted by atomic mass is 16.3. The second kappa shape index (κ2) is 5.08. The molecule has 0 atom stereocenters. The fraction of sp³-hybridized carbons (Fsp3) is 0.294. The molecule has 0 unspecified atom stereocenters. The Kier molecular flexibility index (Phi) is 3.26. The average molecular weight is 267 g/mol.